The van der Waals surface area contributed by atoms with Gasteiger partial charge in [0.15, 0.2) is 17.9 Å². The van der Waals surface area contributed by atoms with E-state index in [1.54, 1.807) is 56.4 Å². The third-order valence-corrected chi connectivity index (χ3v) is 7.42. The molecular weight excluding hydrogens is 734 g/mol. The highest BCUT2D eigenvalue weighted by atomic mass is 35.5. The molecule has 0 aliphatic heterocycles. The fourth-order valence-electron chi connectivity index (χ4n) is 3.69. The standard InChI is InChI=1S/C17H16Cl2N2O4.C9H5Cl2NO.C8H13NO3/c1-3-8-24-17(23)21-12(4-2)15(22)16-20-9-13(25-16)14-10(18)6-5-7-11(14)19;10-6-2-1-3-7(11)9(6)8-4-12-5-13-8;1-3-5-12-8(11)9-7(4-2)6-10/h3,5-7,9,12H,1,4,8H2,2H3,(H,21,23);1-5H;3,6-7H,1,4-5H2,2H3,(H,9,11)/t12-;;7-/m0.0/s1. The van der Waals surface area contributed by atoms with Crippen LogP contribution in [-0.4, -0.2) is 59.5 Å². The molecule has 2 amide bonds. The lowest BCUT2D eigenvalue weighted by molar-refractivity contribution is -0.109. The van der Waals surface area contributed by atoms with Crippen LogP contribution in [0.3, 0.4) is 0 Å². The molecule has 0 bridgehead atoms. The summed E-state index contributed by atoms with van der Waals surface area (Å²) in [5.74, 6) is 0.216. The normalized spacial score (nSPS) is 11.2. The summed E-state index contributed by atoms with van der Waals surface area (Å²) in [6.07, 6.45) is 7.44. The van der Waals surface area contributed by atoms with Crippen LogP contribution in [0.2, 0.25) is 20.1 Å². The third kappa shape index (κ3) is 13.0. The molecule has 0 aliphatic carbocycles. The molecule has 4 rings (SSSR count). The van der Waals surface area contributed by atoms with Crippen LogP contribution in [0.5, 0.6) is 0 Å². The Labute approximate surface area is 308 Å². The quantitative estimate of drug-likeness (QED) is 0.0762. The number of alkyl carbamates (subject to hydrolysis) is 2. The van der Waals surface area contributed by atoms with Gasteiger partial charge in [-0.3, -0.25) is 4.79 Å². The fraction of sp³-hybridized carbons (Fsp3) is 0.235. The smallest absolute Gasteiger partial charge is 0.408 e. The molecule has 0 spiro atoms. The van der Waals surface area contributed by atoms with Gasteiger partial charge in [-0.15, -0.1) is 0 Å². The van der Waals surface area contributed by atoms with Crippen molar-refractivity contribution in [2.24, 2.45) is 0 Å². The summed E-state index contributed by atoms with van der Waals surface area (Å²) in [6.45, 7) is 10.6. The second kappa shape index (κ2) is 22.2. The Bertz CT molecular complexity index is 1690. The lowest BCUT2D eigenvalue weighted by Crippen LogP contribution is -2.40. The first-order chi connectivity index (χ1) is 24.0. The van der Waals surface area contributed by atoms with Crippen LogP contribution in [0.1, 0.15) is 37.4 Å². The molecule has 2 N–H and O–H groups in total. The molecular formula is C34H34Cl4N4O8. The first-order valence-corrected chi connectivity index (χ1v) is 16.3. The van der Waals surface area contributed by atoms with Crippen molar-refractivity contribution in [3.63, 3.8) is 0 Å². The summed E-state index contributed by atoms with van der Waals surface area (Å²) in [7, 11) is 0. The number of hydrogen-bond acceptors (Lipinski definition) is 10. The van der Waals surface area contributed by atoms with E-state index in [2.05, 4.69) is 38.5 Å². The number of aromatic nitrogens is 2. The molecule has 0 saturated heterocycles. The van der Waals surface area contributed by atoms with Gasteiger partial charge < -0.3 is 33.7 Å². The molecule has 2 aromatic carbocycles. The molecule has 2 aromatic heterocycles. The molecule has 0 unspecified atom stereocenters. The Morgan fingerprint density at radius 1 is 0.820 bits per heavy atom. The summed E-state index contributed by atoms with van der Waals surface area (Å²) >= 11 is 24.1. The minimum absolute atomic E-state index is 0.0462. The number of oxazole rings is 2. The number of rotatable bonds is 13. The molecule has 0 aliphatic rings. The predicted octanol–water partition coefficient (Wildman–Crippen LogP) is 9.05. The van der Waals surface area contributed by atoms with Crippen LogP contribution >= 0.6 is 46.4 Å². The Kier molecular flexibility index (Phi) is 18.4. The van der Waals surface area contributed by atoms with Crippen molar-refractivity contribution in [3.05, 3.63) is 106 Å². The number of nitrogens with one attached hydrogen (secondary N) is 2. The number of aldehydes is 1. The maximum absolute atomic E-state index is 12.5. The van der Waals surface area contributed by atoms with Gasteiger partial charge in [-0.05, 0) is 37.1 Å². The van der Waals surface area contributed by atoms with Gasteiger partial charge in [0.25, 0.3) is 5.89 Å². The largest absolute Gasteiger partial charge is 0.445 e. The molecule has 4 aromatic rings. The van der Waals surface area contributed by atoms with E-state index in [9.17, 15) is 19.2 Å². The van der Waals surface area contributed by atoms with E-state index in [-0.39, 0.29) is 24.9 Å². The van der Waals surface area contributed by atoms with Crippen molar-refractivity contribution in [3.8, 4) is 22.6 Å². The fourth-order valence-corrected chi connectivity index (χ4v) is 4.86. The van der Waals surface area contributed by atoms with Gasteiger partial charge >= 0.3 is 12.2 Å². The highest BCUT2D eigenvalue weighted by Crippen LogP contribution is 2.35. The van der Waals surface area contributed by atoms with Gasteiger partial charge in [-0.1, -0.05) is 97.7 Å². The maximum Gasteiger partial charge on any atom is 0.408 e. The number of halogens is 4. The van der Waals surface area contributed by atoms with Crippen molar-refractivity contribution >= 4 is 70.7 Å². The van der Waals surface area contributed by atoms with E-state index < -0.39 is 30.1 Å². The van der Waals surface area contributed by atoms with E-state index in [0.717, 1.165) is 0 Å². The van der Waals surface area contributed by atoms with Crippen molar-refractivity contribution in [1.29, 1.82) is 0 Å². The Morgan fingerprint density at radius 3 is 1.78 bits per heavy atom. The van der Waals surface area contributed by atoms with E-state index in [4.69, 9.17) is 60.0 Å². The number of amides is 2. The zero-order valence-electron chi connectivity index (χ0n) is 27.0. The average molecular weight is 768 g/mol. The van der Waals surface area contributed by atoms with Crippen molar-refractivity contribution in [1.82, 2.24) is 20.6 Å². The lowest BCUT2D eigenvalue weighted by atomic mass is 10.1. The van der Waals surface area contributed by atoms with Gasteiger partial charge in [0.2, 0.25) is 5.78 Å². The average Bonchev–Trinajstić information content (AvgIpc) is 3.81. The highest BCUT2D eigenvalue weighted by molar-refractivity contribution is 6.39. The molecule has 0 saturated carbocycles. The number of benzene rings is 2. The first kappa shape index (κ1) is 41.6. The van der Waals surface area contributed by atoms with Crippen LogP contribution < -0.4 is 10.6 Å². The van der Waals surface area contributed by atoms with E-state index in [1.165, 1.54) is 24.7 Å². The monoisotopic (exact) mass is 766 g/mol. The van der Waals surface area contributed by atoms with Crippen molar-refractivity contribution < 1.29 is 37.5 Å². The molecule has 16 heteroatoms. The number of nitrogens with zero attached hydrogens (tertiary/aromatic N) is 2. The molecule has 50 heavy (non-hydrogen) atoms. The molecule has 266 valence electrons. The minimum atomic E-state index is -0.828. The summed E-state index contributed by atoms with van der Waals surface area (Å²) < 4.78 is 20.0. The highest BCUT2D eigenvalue weighted by Gasteiger charge is 2.26. The molecule has 12 nitrogen and oxygen atoms in total. The summed E-state index contributed by atoms with van der Waals surface area (Å²) in [4.78, 5) is 52.9. The van der Waals surface area contributed by atoms with Crippen molar-refractivity contribution in [2.75, 3.05) is 13.2 Å². The number of Topliss-reactive ketones (excluding diaryl/α,β-unsaturated/α-hetero) is 1. The summed E-state index contributed by atoms with van der Waals surface area (Å²) in [5.41, 5.74) is 1.13. The first-order valence-electron chi connectivity index (χ1n) is 14.8. The zero-order chi connectivity index (χ0) is 37.1. The van der Waals surface area contributed by atoms with Crippen LogP contribution in [0.4, 0.5) is 9.59 Å². The van der Waals surface area contributed by atoms with Crippen molar-refractivity contribution in [2.45, 2.75) is 38.8 Å². The van der Waals surface area contributed by atoms with E-state index >= 15 is 0 Å². The van der Waals surface area contributed by atoms with Gasteiger partial charge in [0.05, 0.1) is 49.7 Å². The van der Waals surface area contributed by atoms with E-state index in [0.29, 0.717) is 56.1 Å². The predicted molar refractivity (Wildman–Crippen MR) is 192 cm³/mol. The van der Waals surface area contributed by atoms with Crippen LogP contribution in [0.25, 0.3) is 22.6 Å². The number of hydrogen-bond donors (Lipinski definition) is 2. The van der Waals surface area contributed by atoms with Gasteiger partial charge in [-0.25, -0.2) is 19.6 Å². The summed E-state index contributed by atoms with van der Waals surface area (Å²) in [6, 6.07) is 9.01. The van der Waals surface area contributed by atoms with E-state index in [1.807, 2.05) is 0 Å². The minimum Gasteiger partial charge on any atom is -0.445 e. The van der Waals surface area contributed by atoms with Crippen LogP contribution in [0, 0.1) is 0 Å². The topological polar surface area (TPSA) is 163 Å². The number of carbonyl (C=O) groups excluding carboxylic acids is 4. The molecule has 2 heterocycles. The van der Waals surface area contributed by atoms with Crippen LogP contribution in [0.15, 0.2) is 89.3 Å². The SMILES string of the molecule is C=CCOC(=O)N[C@@H](CC)C(=O)c1ncc(-c2c(Cl)cccc2Cl)o1.C=CCOC(=O)N[C@H](C=O)CC.Clc1cccc(Cl)c1-c1cnco1. The number of ketones is 1. The Balaban J connectivity index is 0.000000290. The second-order valence-electron chi connectivity index (χ2n) is 9.63. The number of ether oxygens (including phenoxy) is 2. The lowest BCUT2D eigenvalue weighted by Gasteiger charge is -2.13. The van der Waals surface area contributed by atoms with Gasteiger partial charge in [0, 0.05) is 0 Å². The zero-order valence-corrected chi connectivity index (χ0v) is 30.0. The molecule has 0 radical (unpaired) electrons. The third-order valence-electron chi connectivity index (χ3n) is 6.16. The second-order valence-corrected chi connectivity index (χ2v) is 11.3. The molecule has 2 atom stereocenters. The van der Waals surface area contributed by atoms with Crippen LogP contribution in [-0.2, 0) is 14.3 Å². The number of carbonyl (C=O) groups is 4. The Morgan fingerprint density at radius 2 is 1.34 bits per heavy atom. The maximum atomic E-state index is 12.5. The summed E-state index contributed by atoms with van der Waals surface area (Å²) in [5, 5.41) is 6.71. The van der Waals surface area contributed by atoms with Gasteiger partial charge in [0.1, 0.15) is 25.5 Å². The van der Waals surface area contributed by atoms with Gasteiger partial charge in [-0.2, -0.15) is 0 Å². The Hall–Kier alpha value is -4.62. The molecule has 0 fully saturated rings.